The molecule has 0 unspecified atom stereocenters. The smallest absolute Gasteiger partial charge is 0.227 e. The average molecular weight is 438 g/mol. The lowest BCUT2D eigenvalue weighted by Gasteiger charge is -2.10. The van der Waals surface area contributed by atoms with Gasteiger partial charge in [0.1, 0.15) is 6.33 Å². The third kappa shape index (κ3) is 3.26. The van der Waals surface area contributed by atoms with Crippen LogP contribution in [0, 0.1) is 0 Å². The van der Waals surface area contributed by atoms with E-state index >= 15 is 0 Å². The lowest BCUT2D eigenvalue weighted by atomic mass is 10.0. The highest BCUT2D eigenvalue weighted by atomic mass is 32.1. The lowest BCUT2D eigenvalue weighted by Crippen LogP contribution is -1.99. The molecule has 2 N–H and O–H groups in total. The number of hydrogen-bond acceptors (Lipinski definition) is 9. The number of tetrazole rings is 1. The number of nitrogens with one attached hydrogen (secondary N) is 2. The van der Waals surface area contributed by atoms with Crippen LogP contribution in [0.5, 0.6) is 0 Å². The maximum Gasteiger partial charge on any atom is 0.227 e. The fourth-order valence-electron chi connectivity index (χ4n) is 3.43. The predicted molar refractivity (Wildman–Crippen MR) is 121 cm³/mol. The Kier molecular flexibility index (Phi) is 4.36. The Morgan fingerprint density at radius 3 is 2.56 bits per heavy atom. The van der Waals surface area contributed by atoms with Crippen LogP contribution in [0.25, 0.3) is 38.7 Å². The van der Waals surface area contributed by atoms with Crippen LogP contribution in [0.2, 0.25) is 0 Å². The molecule has 154 valence electrons. The van der Waals surface area contributed by atoms with Crippen LogP contribution >= 0.6 is 11.3 Å². The third-order valence-corrected chi connectivity index (χ3v) is 5.64. The number of aromatic nitrogens is 9. The Bertz CT molecular complexity index is 1470. The average Bonchev–Trinajstić information content (AvgIpc) is 3.61. The van der Waals surface area contributed by atoms with E-state index in [0.29, 0.717) is 17.3 Å². The highest BCUT2D eigenvalue weighted by molar-refractivity contribution is 7.12. The van der Waals surface area contributed by atoms with Crippen molar-refractivity contribution in [2.75, 3.05) is 5.32 Å². The molecule has 32 heavy (non-hydrogen) atoms. The van der Waals surface area contributed by atoms with Crippen LogP contribution in [0.3, 0.4) is 0 Å². The largest absolute Gasteiger partial charge is 0.324 e. The van der Waals surface area contributed by atoms with Gasteiger partial charge >= 0.3 is 0 Å². The summed E-state index contributed by atoms with van der Waals surface area (Å²) in [5.41, 5.74) is 5.41. The number of anilines is 2. The van der Waals surface area contributed by atoms with E-state index in [9.17, 15) is 0 Å². The molecule has 0 radical (unpaired) electrons. The standard InChI is InChI=1S/C21H14N10S/c1-2-4-13(5-3-1)16-8-15(9-17-18(16)25-12-31(17)21-22-6-7-32-21)26-20-23-10-14(11-24-20)19-27-29-30-28-19/h1-12H,(H,23,24,26)(H,27,28,29,30). The van der Waals surface area contributed by atoms with Gasteiger partial charge < -0.3 is 5.32 Å². The number of nitrogens with zero attached hydrogens (tertiary/aromatic N) is 8. The van der Waals surface area contributed by atoms with Gasteiger partial charge in [0.15, 0.2) is 5.13 Å². The van der Waals surface area contributed by atoms with Crippen molar-refractivity contribution in [1.29, 1.82) is 0 Å². The zero-order valence-electron chi connectivity index (χ0n) is 16.4. The second-order valence-electron chi connectivity index (χ2n) is 6.84. The maximum atomic E-state index is 4.69. The van der Waals surface area contributed by atoms with Gasteiger partial charge in [0.25, 0.3) is 0 Å². The molecule has 6 aromatic rings. The van der Waals surface area contributed by atoms with E-state index in [0.717, 1.165) is 33.0 Å². The molecular formula is C21H14N10S. The minimum Gasteiger partial charge on any atom is -0.324 e. The second-order valence-corrected chi connectivity index (χ2v) is 7.72. The highest BCUT2D eigenvalue weighted by Gasteiger charge is 2.14. The number of H-pyrrole nitrogens is 1. The molecule has 4 aromatic heterocycles. The van der Waals surface area contributed by atoms with Gasteiger partial charge in [0.2, 0.25) is 11.8 Å². The maximum absolute atomic E-state index is 4.69. The zero-order chi connectivity index (χ0) is 21.3. The lowest BCUT2D eigenvalue weighted by molar-refractivity contribution is 0.881. The Morgan fingerprint density at radius 1 is 0.938 bits per heavy atom. The van der Waals surface area contributed by atoms with E-state index in [1.807, 2.05) is 40.3 Å². The summed E-state index contributed by atoms with van der Waals surface area (Å²) in [6, 6.07) is 14.2. The first kappa shape index (κ1) is 18.3. The Balaban J connectivity index is 1.44. The van der Waals surface area contributed by atoms with Crippen LogP contribution in [-0.4, -0.2) is 45.1 Å². The van der Waals surface area contributed by atoms with E-state index in [4.69, 9.17) is 0 Å². The van der Waals surface area contributed by atoms with E-state index in [1.165, 1.54) is 0 Å². The topological polar surface area (TPSA) is 123 Å². The number of thiazole rings is 1. The van der Waals surface area contributed by atoms with Crippen molar-refractivity contribution < 1.29 is 0 Å². The fourth-order valence-corrected chi connectivity index (χ4v) is 4.06. The van der Waals surface area contributed by atoms with Gasteiger partial charge in [-0.2, -0.15) is 5.21 Å². The van der Waals surface area contributed by atoms with E-state index < -0.39 is 0 Å². The number of fused-ring (bicyclic) bond motifs is 1. The van der Waals surface area contributed by atoms with Crippen molar-refractivity contribution in [1.82, 2.24) is 45.1 Å². The van der Waals surface area contributed by atoms with Crippen molar-refractivity contribution in [3.8, 4) is 27.6 Å². The predicted octanol–water partition coefficient (Wildman–Crippen LogP) is 3.86. The number of hydrogen-bond donors (Lipinski definition) is 2. The molecule has 0 aliphatic rings. The van der Waals surface area contributed by atoms with Gasteiger partial charge in [-0.25, -0.2) is 19.9 Å². The number of imidazole rings is 1. The van der Waals surface area contributed by atoms with Crippen LogP contribution in [0.15, 0.2) is 72.8 Å². The van der Waals surface area contributed by atoms with Crippen molar-refractivity contribution in [2.24, 2.45) is 0 Å². The summed E-state index contributed by atoms with van der Waals surface area (Å²) in [5, 5.41) is 20.0. The molecule has 4 heterocycles. The number of benzene rings is 2. The molecule has 0 fully saturated rings. The first-order chi connectivity index (χ1) is 15.8. The molecule has 0 saturated carbocycles. The Labute approximate surface area is 185 Å². The molecule has 0 amide bonds. The molecular weight excluding hydrogens is 424 g/mol. The summed E-state index contributed by atoms with van der Waals surface area (Å²) in [6.45, 7) is 0. The summed E-state index contributed by atoms with van der Waals surface area (Å²) < 4.78 is 1.98. The first-order valence-electron chi connectivity index (χ1n) is 9.64. The molecule has 11 heteroatoms. The quantitative estimate of drug-likeness (QED) is 0.416. The highest BCUT2D eigenvalue weighted by Crippen LogP contribution is 2.33. The van der Waals surface area contributed by atoms with Crippen LogP contribution in [-0.2, 0) is 0 Å². The van der Waals surface area contributed by atoms with Crippen molar-refractivity contribution in [3.63, 3.8) is 0 Å². The molecule has 6 rings (SSSR count). The van der Waals surface area contributed by atoms with Crippen LogP contribution < -0.4 is 5.32 Å². The summed E-state index contributed by atoms with van der Waals surface area (Å²) in [7, 11) is 0. The molecule has 10 nitrogen and oxygen atoms in total. The van der Waals surface area contributed by atoms with Gasteiger partial charge in [-0.15, -0.1) is 21.5 Å². The second kappa shape index (κ2) is 7.63. The van der Waals surface area contributed by atoms with E-state index in [1.54, 1.807) is 36.3 Å². The third-order valence-electron chi connectivity index (χ3n) is 4.87. The van der Waals surface area contributed by atoms with Crippen molar-refractivity contribution in [2.45, 2.75) is 0 Å². The summed E-state index contributed by atoms with van der Waals surface area (Å²) in [6.07, 6.45) is 6.88. The Hall–Kier alpha value is -4.51. The monoisotopic (exact) mass is 438 g/mol. The van der Waals surface area contributed by atoms with Crippen LogP contribution in [0.4, 0.5) is 11.6 Å². The molecule has 0 saturated heterocycles. The Morgan fingerprint density at radius 2 is 1.81 bits per heavy atom. The van der Waals surface area contributed by atoms with Gasteiger partial charge in [0.05, 0.1) is 16.6 Å². The van der Waals surface area contributed by atoms with Gasteiger partial charge in [-0.3, -0.25) is 4.57 Å². The molecule has 0 bridgehead atoms. The number of rotatable bonds is 5. The number of aromatic amines is 1. The summed E-state index contributed by atoms with van der Waals surface area (Å²) in [5.74, 6) is 0.896. The normalized spacial score (nSPS) is 11.1. The minimum atomic E-state index is 0.441. The van der Waals surface area contributed by atoms with Gasteiger partial charge in [-0.05, 0) is 22.9 Å². The van der Waals surface area contributed by atoms with Gasteiger partial charge in [-0.1, -0.05) is 30.3 Å². The molecule has 0 atom stereocenters. The first-order valence-corrected chi connectivity index (χ1v) is 10.5. The molecule has 2 aromatic carbocycles. The summed E-state index contributed by atoms with van der Waals surface area (Å²) in [4.78, 5) is 17.9. The van der Waals surface area contributed by atoms with E-state index in [2.05, 4.69) is 58.0 Å². The molecule has 0 aliphatic heterocycles. The van der Waals surface area contributed by atoms with Crippen molar-refractivity contribution in [3.05, 3.63) is 72.8 Å². The van der Waals surface area contributed by atoms with E-state index in [-0.39, 0.29) is 0 Å². The SMILES string of the molecule is c1ccc(-c2cc(Nc3ncc(-c4nn[nH]n4)cn3)cc3c2ncn3-c2nccs2)cc1. The zero-order valence-corrected chi connectivity index (χ0v) is 17.2. The molecule has 0 spiro atoms. The minimum absolute atomic E-state index is 0.441. The van der Waals surface area contributed by atoms with Gasteiger partial charge in [0, 0.05) is 35.2 Å². The summed E-state index contributed by atoms with van der Waals surface area (Å²) >= 11 is 1.55. The fraction of sp³-hybridized carbons (Fsp3) is 0. The van der Waals surface area contributed by atoms with Crippen LogP contribution in [0.1, 0.15) is 0 Å². The van der Waals surface area contributed by atoms with Crippen molar-refractivity contribution >= 4 is 34.0 Å². The molecule has 0 aliphatic carbocycles.